The number of nitrogens with zero attached hydrogens (tertiary/aromatic N) is 2. The third-order valence-electron chi connectivity index (χ3n) is 3.28. The van der Waals surface area contributed by atoms with Gasteiger partial charge in [0, 0.05) is 17.8 Å². The van der Waals surface area contributed by atoms with E-state index in [1.165, 1.54) is 24.4 Å². The van der Waals surface area contributed by atoms with E-state index in [2.05, 4.69) is 15.5 Å². The predicted octanol–water partition coefficient (Wildman–Crippen LogP) is 3.80. The van der Waals surface area contributed by atoms with Crippen LogP contribution in [0.3, 0.4) is 0 Å². The van der Waals surface area contributed by atoms with Crippen molar-refractivity contribution in [3.8, 4) is 17.1 Å². The molecule has 122 valence electrons. The number of carbonyl (C=O) groups is 1. The lowest BCUT2D eigenvalue weighted by atomic mass is 10.1. The van der Waals surface area contributed by atoms with Crippen LogP contribution in [0, 0.1) is 12.7 Å². The first-order valence-corrected chi connectivity index (χ1v) is 7.21. The average Bonchev–Trinajstić information content (AvgIpc) is 3.03. The predicted molar refractivity (Wildman–Crippen MR) is 85.5 cm³/mol. The minimum absolute atomic E-state index is 0.0215. The molecule has 0 aliphatic carbocycles. The van der Waals surface area contributed by atoms with E-state index in [0.29, 0.717) is 22.0 Å². The lowest BCUT2D eigenvalue weighted by Gasteiger charge is -2.05. The van der Waals surface area contributed by atoms with Crippen molar-refractivity contribution < 1.29 is 18.8 Å². The van der Waals surface area contributed by atoms with Crippen molar-refractivity contribution in [3.63, 3.8) is 0 Å². The number of aromatic nitrogens is 2. The summed E-state index contributed by atoms with van der Waals surface area (Å²) in [6, 6.07) is 6.63. The van der Waals surface area contributed by atoms with E-state index < -0.39 is 17.5 Å². The number of hydrogen-bond acceptors (Lipinski definition) is 5. The lowest BCUT2D eigenvalue weighted by molar-refractivity contribution is 0.101. The van der Waals surface area contributed by atoms with Crippen molar-refractivity contribution >= 4 is 23.2 Å². The molecule has 1 aromatic carbocycles. The number of rotatable bonds is 3. The van der Waals surface area contributed by atoms with Crippen LogP contribution in [-0.4, -0.2) is 21.2 Å². The molecule has 2 aromatic heterocycles. The number of anilines is 1. The Bertz CT molecular complexity index is 927. The fraction of sp³-hybridized carbons (Fsp3) is 0.0625. The highest BCUT2D eigenvalue weighted by molar-refractivity contribution is 6.30. The number of benzene rings is 1. The van der Waals surface area contributed by atoms with Crippen molar-refractivity contribution in [2.45, 2.75) is 6.92 Å². The normalized spacial score (nSPS) is 10.6. The molecule has 0 atom stereocenters. The zero-order valence-electron chi connectivity index (χ0n) is 12.4. The van der Waals surface area contributed by atoms with Gasteiger partial charge in [-0.05, 0) is 31.2 Å². The topological polar surface area (TPSA) is 88.2 Å². The summed E-state index contributed by atoms with van der Waals surface area (Å²) < 4.78 is 18.2. The van der Waals surface area contributed by atoms with Crippen LogP contribution in [0.4, 0.5) is 10.1 Å². The minimum atomic E-state index is -0.750. The van der Waals surface area contributed by atoms with E-state index in [1.54, 1.807) is 13.0 Å². The van der Waals surface area contributed by atoms with Crippen molar-refractivity contribution in [2.24, 2.45) is 0 Å². The monoisotopic (exact) mass is 347 g/mol. The van der Waals surface area contributed by atoms with E-state index in [0.717, 1.165) is 6.07 Å². The maximum atomic E-state index is 13.1. The molecule has 0 spiro atoms. The van der Waals surface area contributed by atoms with Crippen LogP contribution in [0.1, 0.15) is 16.2 Å². The van der Waals surface area contributed by atoms with Gasteiger partial charge in [-0.2, -0.15) is 0 Å². The van der Waals surface area contributed by atoms with Crippen LogP contribution in [0.2, 0.25) is 5.02 Å². The van der Waals surface area contributed by atoms with Gasteiger partial charge in [0.1, 0.15) is 0 Å². The number of aromatic hydroxyl groups is 1. The summed E-state index contributed by atoms with van der Waals surface area (Å²) in [4.78, 5) is 16.3. The third kappa shape index (κ3) is 3.21. The van der Waals surface area contributed by atoms with Crippen LogP contribution in [0.25, 0.3) is 11.3 Å². The number of nitrogens with one attached hydrogen (secondary N) is 1. The molecule has 0 aliphatic heterocycles. The summed E-state index contributed by atoms with van der Waals surface area (Å²) in [7, 11) is 0. The van der Waals surface area contributed by atoms with Gasteiger partial charge in [-0.15, -0.1) is 0 Å². The summed E-state index contributed by atoms with van der Waals surface area (Å²) in [5.74, 6) is -1.56. The number of phenols is 1. The molecule has 2 N–H and O–H groups in total. The van der Waals surface area contributed by atoms with Gasteiger partial charge in [0.2, 0.25) is 0 Å². The zero-order chi connectivity index (χ0) is 17.3. The SMILES string of the molecule is Cc1ncc(Cl)cc1NC(=O)c1cc(-c2ccc(F)c(O)c2)on1. The van der Waals surface area contributed by atoms with Gasteiger partial charge in [0.05, 0.1) is 16.4 Å². The summed E-state index contributed by atoms with van der Waals surface area (Å²) in [6.07, 6.45) is 1.47. The molecule has 0 radical (unpaired) electrons. The maximum Gasteiger partial charge on any atom is 0.277 e. The van der Waals surface area contributed by atoms with E-state index >= 15 is 0 Å². The molecule has 0 aliphatic rings. The smallest absolute Gasteiger partial charge is 0.277 e. The van der Waals surface area contributed by atoms with Crippen LogP contribution in [0.5, 0.6) is 5.75 Å². The second-order valence-electron chi connectivity index (χ2n) is 4.98. The maximum absolute atomic E-state index is 13.1. The summed E-state index contributed by atoms with van der Waals surface area (Å²) >= 11 is 5.86. The molecule has 1 amide bonds. The largest absolute Gasteiger partial charge is 0.505 e. The van der Waals surface area contributed by atoms with Gasteiger partial charge in [-0.1, -0.05) is 16.8 Å². The van der Waals surface area contributed by atoms with Crippen molar-refractivity contribution in [3.05, 3.63) is 58.8 Å². The number of halogens is 2. The molecule has 2 heterocycles. The highest BCUT2D eigenvalue weighted by Gasteiger charge is 2.16. The van der Waals surface area contributed by atoms with Gasteiger partial charge in [-0.3, -0.25) is 9.78 Å². The van der Waals surface area contributed by atoms with Gasteiger partial charge < -0.3 is 14.9 Å². The minimum Gasteiger partial charge on any atom is -0.505 e. The molecule has 8 heteroatoms. The second kappa shape index (κ2) is 6.29. The molecule has 0 saturated heterocycles. The Balaban J connectivity index is 1.83. The number of carbonyl (C=O) groups excluding carboxylic acids is 1. The van der Waals surface area contributed by atoms with Gasteiger partial charge in [-0.25, -0.2) is 4.39 Å². The standard InChI is InChI=1S/C16H11ClFN3O3/c1-8-12(5-10(17)7-19-8)20-16(23)13-6-15(24-21-13)9-2-3-11(18)14(22)4-9/h2-7,22H,1H3,(H,20,23). The molecule has 0 unspecified atom stereocenters. The Morgan fingerprint density at radius 3 is 2.88 bits per heavy atom. The zero-order valence-corrected chi connectivity index (χ0v) is 13.1. The van der Waals surface area contributed by atoms with E-state index in [4.69, 9.17) is 16.1 Å². The lowest BCUT2D eigenvalue weighted by Crippen LogP contribution is -2.13. The third-order valence-corrected chi connectivity index (χ3v) is 3.48. The van der Waals surface area contributed by atoms with Crippen LogP contribution < -0.4 is 5.32 Å². The number of amides is 1. The molecule has 24 heavy (non-hydrogen) atoms. The molecule has 3 aromatic rings. The summed E-state index contributed by atoms with van der Waals surface area (Å²) in [5.41, 5.74) is 1.46. The van der Waals surface area contributed by atoms with Crippen molar-refractivity contribution in [1.29, 1.82) is 0 Å². The molecule has 0 saturated carbocycles. The average molecular weight is 348 g/mol. The molecule has 0 fully saturated rings. The number of phenolic OH excluding ortho intramolecular Hbond substituents is 1. The molecule has 6 nitrogen and oxygen atoms in total. The number of aryl methyl sites for hydroxylation is 1. The van der Waals surface area contributed by atoms with E-state index in [-0.39, 0.29) is 11.5 Å². The fourth-order valence-electron chi connectivity index (χ4n) is 2.00. The molecular weight excluding hydrogens is 337 g/mol. The molecular formula is C16H11ClFN3O3. The Labute approximate surface area is 140 Å². The highest BCUT2D eigenvalue weighted by atomic mass is 35.5. The Morgan fingerprint density at radius 1 is 1.33 bits per heavy atom. The summed E-state index contributed by atoms with van der Waals surface area (Å²) in [5, 5.41) is 16.1. The number of pyridine rings is 1. The Hall–Kier alpha value is -2.93. The first-order valence-electron chi connectivity index (χ1n) is 6.83. The number of hydrogen-bond donors (Lipinski definition) is 2. The Morgan fingerprint density at radius 2 is 2.12 bits per heavy atom. The van der Waals surface area contributed by atoms with E-state index in [9.17, 15) is 14.3 Å². The first kappa shape index (κ1) is 15.9. The van der Waals surface area contributed by atoms with Gasteiger partial charge >= 0.3 is 0 Å². The van der Waals surface area contributed by atoms with Gasteiger partial charge in [0.25, 0.3) is 5.91 Å². The summed E-state index contributed by atoms with van der Waals surface area (Å²) in [6.45, 7) is 1.72. The van der Waals surface area contributed by atoms with Crippen molar-refractivity contribution in [2.75, 3.05) is 5.32 Å². The molecule has 0 bridgehead atoms. The fourth-order valence-corrected chi connectivity index (χ4v) is 2.16. The van der Waals surface area contributed by atoms with Gasteiger partial charge in [0.15, 0.2) is 23.0 Å². The van der Waals surface area contributed by atoms with Crippen LogP contribution >= 0.6 is 11.6 Å². The highest BCUT2D eigenvalue weighted by Crippen LogP contribution is 2.26. The van der Waals surface area contributed by atoms with Crippen molar-refractivity contribution in [1.82, 2.24) is 10.1 Å². The van der Waals surface area contributed by atoms with Crippen LogP contribution in [-0.2, 0) is 0 Å². The molecule has 3 rings (SSSR count). The Kier molecular flexibility index (Phi) is 4.18. The van der Waals surface area contributed by atoms with Crippen LogP contribution in [0.15, 0.2) is 41.1 Å². The van der Waals surface area contributed by atoms with E-state index in [1.807, 2.05) is 0 Å². The second-order valence-corrected chi connectivity index (χ2v) is 5.42. The first-order chi connectivity index (χ1) is 11.4. The quantitative estimate of drug-likeness (QED) is 0.752.